The minimum Gasteiger partial charge on any atom is -0.439 e. The van der Waals surface area contributed by atoms with Crippen LogP contribution in [-0.4, -0.2) is 9.97 Å². The van der Waals surface area contributed by atoms with E-state index in [2.05, 4.69) is 25.9 Å². The summed E-state index contributed by atoms with van der Waals surface area (Å²) >= 11 is 3.06. The van der Waals surface area contributed by atoms with Gasteiger partial charge in [-0.25, -0.2) is 4.39 Å². The monoisotopic (exact) mass is 312 g/mol. The van der Waals surface area contributed by atoms with Crippen molar-refractivity contribution >= 4 is 15.9 Å². The summed E-state index contributed by atoms with van der Waals surface area (Å²) in [5.41, 5.74) is -0.280. The van der Waals surface area contributed by atoms with Gasteiger partial charge in [-0.1, -0.05) is 6.92 Å². The lowest BCUT2D eigenvalue weighted by Gasteiger charge is -2.06. The van der Waals surface area contributed by atoms with Crippen molar-refractivity contribution in [3.63, 3.8) is 0 Å². The standard InChI is InChI=1S/C12H10BrFN2O2/c1-2-10-15-11(17)6-12(16-10)18-7-3-4-9(14)8(13)5-7/h3-6H,2H2,1H3,(H,15,16,17). The van der Waals surface area contributed by atoms with Crippen LogP contribution in [0.25, 0.3) is 0 Å². The average Bonchev–Trinajstić information content (AvgIpc) is 2.33. The molecule has 6 heteroatoms. The molecule has 0 radical (unpaired) electrons. The van der Waals surface area contributed by atoms with Gasteiger partial charge in [-0.05, 0) is 34.1 Å². The first-order valence-electron chi connectivity index (χ1n) is 5.31. The van der Waals surface area contributed by atoms with Gasteiger partial charge in [0, 0.05) is 6.42 Å². The normalized spacial score (nSPS) is 10.4. The van der Waals surface area contributed by atoms with Gasteiger partial charge < -0.3 is 9.72 Å². The quantitative estimate of drug-likeness (QED) is 0.947. The summed E-state index contributed by atoms with van der Waals surface area (Å²) in [6, 6.07) is 5.46. The second-order valence-electron chi connectivity index (χ2n) is 3.56. The van der Waals surface area contributed by atoms with Crippen LogP contribution in [0.15, 0.2) is 33.5 Å². The number of rotatable bonds is 3. The Bertz CT molecular complexity index is 628. The first-order valence-corrected chi connectivity index (χ1v) is 6.11. The molecular weight excluding hydrogens is 303 g/mol. The van der Waals surface area contributed by atoms with E-state index < -0.39 is 0 Å². The third kappa shape index (κ3) is 2.95. The zero-order valence-electron chi connectivity index (χ0n) is 9.54. The summed E-state index contributed by atoms with van der Waals surface area (Å²) < 4.78 is 18.7. The number of benzene rings is 1. The summed E-state index contributed by atoms with van der Waals surface area (Å²) in [4.78, 5) is 18.0. The fraction of sp³-hybridized carbons (Fsp3) is 0.167. The fourth-order valence-electron chi connectivity index (χ4n) is 1.36. The Kier molecular flexibility index (Phi) is 3.76. The highest BCUT2D eigenvalue weighted by Gasteiger charge is 2.05. The lowest BCUT2D eigenvalue weighted by atomic mass is 10.3. The van der Waals surface area contributed by atoms with Crippen LogP contribution in [0.3, 0.4) is 0 Å². The number of H-pyrrole nitrogens is 1. The molecule has 1 aromatic heterocycles. The summed E-state index contributed by atoms with van der Waals surface area (Å²) in [5.74, 6) is 0.756. The van der Waals surface area contributed by atoms with Crippen molar-refractivity contribution in [2.24, 2.45) is 0 Å². The van der Waals surface area contributed by atoms with Crippen LogP contribution in [0.4, 0.5) is 4.39 Å². The molecule has 0 bridgehead atoms. The molecule has 1 aromatic carbocycles. The van der Waals surface area contributed by atoms with E-state index in [1.807, 2.05) is 6.92 Å². The zero-order valence-corrected chi connectivity index (χ0v) is 11.1. The average molecular weight is 313 g/mol. The molecule has 4 nitrogen and oxygen atoms in total. The minimum absolute atomic E-state index is 0.189. The summed E-state index contributed by atoms with van der Waals surface area (Å²) in [6.45, 7) is 1.87. The molecule has 2 aromatic rings. The smallest absolute Gasteiger partial charge is 0.254 e. The molecule has 0 saturated carbocycles. The number of aryl methyl sites for hydroxylation is 1. The van der Waals surface area contributed by atoms with Gasteiger partial charge in [0.25, 0.3) is 5.56 Å². The second kappa shape index (κ2) is 5.30. The molecule has 0 spiro atoms. The van der Waals surface area contributed by atoms with Gasteiger partial charge in [-0.3, -0.25) is 4.79 Å². The maximum Gasteiger partial charge on any atom is 0.254 e. The van der Waals surface area contributed by atoms with Crippen molar-refractivity contribution in [3.05, 3.63) is 50.7 Å². The molecule has 0 amide bonds. The van der Waals surface area contributed by atoms with Crippen molar-refractivity contribution in [1.29, 1.82) is 0 Å². The highest BCUT2D eigenvalue weighted by atomic mass is 79.9. The van der Waals surface area contributed by atoms with E-state index in [1.165, 1.54) is 24.3 Å². The van der Waals surface area contributed by atoms with Crippen LogP contribution < -0.4 is 10.3 Å². The van der Waals surface area contributed by atoms with Crippen LogP contribution >= 0.6 is 15.9 Å². The maximum absolute atomic E-state index is 13.0. The van der Waals surface area contributed by atoms with E-state index in [0.717, 1.165) is 0 Å². The number of hydrogen-bond acceptors (Lipinski definition) is 3. The highest BCUT2D eigenvalue weighted by molar-refractivity contribution is 9.10. The Morgan fingerprint density at radius 3 is 2.89 bits per heavy atom. The Morgan fingerprint density at radius 1 is 1.44 bits per heavy atom. The largest absolute Gasteiger partial charge is 0.439 e. The Balaban J connectivity index is 2.30. The van der Waals surface area contributed by atoms with Gasteiger partial charge in [0.05, 0.1) is 10.5 Å². The van der Waals surface area contributed by atoms with E-state index in [1.54, 1.807) is 0 Å². The number of aromatic amines is 1. The Morgan fingerprint density at radius 2 is 2.22 bits per heavy atom. The van der Waals surface area contributed by atoms with Crippen LogP contribution in [0.5, 0.6) is 11.6 Å². The van der Waals surface area contributed by atoms with Crippen molar-refractivity contribution < 1.29 is 9.13 Å². The number of nitrogens with zero attached hydrogens (tertiary/aromatic N) is 1. The summed E-state index contributed by atoms with van der Waals surface area (Å²) in [5, 5.41) is 0. The predicted octanol–water partition coefficient (Wildman–Crippen LogP) is 3.03. The van der Waals surface area contributed by atoms with Gasteiger partial charge in [-0.2, -0.15) is 4.98 Å². The molecule has 18 heavy (non-hydrogen) atoms. The van der Waals surface area contributed by atoms with Crippen LogP contribution in [0.1, 0.15) is 12.7 Å². The van der Waals surface area contributed by atoms with Crippen molar-refractivity contribution in [1.82, 2.24) is 9.97 Å². The van der Waals surface area contributed by atoms with Gasteiger partial charge in [0.15, 0.2) is 0 Å². The van der Waals surface area contributed by atoms with Gasteiger partial charge in [-0.15, -0.1) is 0 Å². The highest BCUT2D eigenvalue weighted by Crippen LogP contribution is 2.24. The molecule has 0 unspecified atom stereocenters. The number of ether oxygens (including phenoxy) is 1. The molecule has 0 aliphatic heterocycles. The third-order valence-electron chi connectivity index (χ3n) is 2.22. The Labute approximate surface area is 111 Å². The number of hydrogen-bond donors (Lipinski definition) is 1. The summed E-state index contributed by atoms with van der Waals surface area (Å²) in [6.07, 6.45) is 0.597. The first kappa shape index (κ1) is 12.8. The van der Waals surface area contributed by atoms with Crippen molar-refractivity contribution in [2.75, 3.05) is 0 Å². The number of nitrogens with one attached hydrogen (secondary N) is 1. The predicted molar refractivity (Wildman–Crippen MR) is 68.4 cm³/mol. The molecule has 0 atom stereocenters. The van der Waals surface area contributed by atoms with E-state index in [9.17, 15) is 9.18 Å². The topological polar surface area (TPSA) is 55.0 Å². The minimum atomic E-state index is -0.379. The molecular formula is C12H10BrFN2O2. The number of aromatic nitrogens is 2. The molecule has 1 heterocycles. The molecule has 94 valence electrons. The lowest BCUT2D eigenvalue weighted by Crippen LogP contribution is -2.10. The van der Waals surface area contributed by atoms with Crippen LogP contribution in [0.2, 0.25) is 0 Å². The molecule has 0 saturated heterocycles. The van der Waals surface area contributed by atoms with Crippen LogP contribution in [-0.2, 0) is 6.42 Å². The third-order valence-corrected chi connectivity index (χ3v) is 2.82. The second-order valence-corrected chi connectivity index (χ2v) is 4.42. The summed E-state index contributed by atoms with van der Waals surface area (Å²) in [7, 11) is 0. The fourth-order valence-corrected chi connectivity index (χ4v) is 1.72. The first-order chi connectivity index (χ1) is 8.58. The van der Waals surface area contributed by atoms with E-state index in [-0.39, 0.29) is 17.3 Å². The SMILES string of the molecule is CCc1nc(Oc2ccc(F)c(Br)c2)cc(=O)[nH]1. The van der Waals surface area contributed by atoms with Crippen molar-refractivity contribution in [2.45, 2.75) is 13.3 Å². The number of halogens is 2. The van der Waals surface area contributed by atoms with E-state index in [0.29, 0.717) is 22.5 Å². The van der Waals surface area contributed by atoms with E-state index in [4.69, 9.17) is 4.74 Å². The molecule has 0 aliphatic rings. The van der Waals surface area contributed by atoms with Gasteiger partial charge >= 0.3 is 0 Å². The van der Waals surface area contributed by atoms with Gasteiger partial charge in [0.1, 0.15) is 17.4 Å². The Hall–Kier alpha value is -1.69. The molecule has 2 rings (SSSR count). The maximum atomic E-state index is 13.0. The molecule has 0 aliphatic carbocycles. The molecule has 1 N–H and O–H groups in total. The zero-order chi connectivity index (χ0) is 13.1. The van der Waals surface area contributed by atoms with Gasteiger partial charge in [0.2, 0.25) is 5.88 Å². The molecule has 0 fully saturated rings. The lowest BCUT2D eigenvalue weighted by molar-refractivity contribution is 0.455. The van der Waals surface area contributed by atoms with Crippen LogP contribution in [0, 0.1) is 5.82 Å². The van der Waals surface area contributed by atoms with Crippen molar-refractivity contribution in [3.8, 4) is 11.6 Å². The van der Waals surface area contributed by atoms with E-state index >= 15 is 0 Å².